The van der Waals surface area contributed by atoms with Crippen molar-refractivity contribution < 1.29 is 4.79 Å². The fourth-order valence-corrected chi connectivity index (χ4v) is 1.17. The summed E-state index contributed by atoms with van der Waals surface area (Å²) in [5.74, 6) is 0. The summed E-state index contributed by atoms with van der Waals surface area (Å²) in [7, 11) is 0. The Morgan fingerprint density at radius 3 is 3.08 bits per heavy atom. The van der Waals surface area contributed by atoms with Gasteiger partial charge in [-0.25, -0.2) is 0 Å². The maximum Gasteiger partial charge on any atom is 0.248 e. The number of allylic oxidation sites excluding steroid dienone is 4. The van der Waals surface area contributed by atoms with Crippen LogP contribution in [0.5, 0.6) is 0 Å². The summed E-state index contributed by atoms with van der Waals surface area (Å²) in [6, 6.07) is 0. The van der Waals surface area contributed by atoms with Gasteiger partial charge in [-0.2, -0.15) is 0 Å². The molecule has 12 heavy (non-hydrogen) atoms. The minimum Gasteiger partial charge on any atom is -0.276 e. The SMILES string of the molecule is O=C(Cl)C1=CC=C2N=NN=C2C1. The van der Waals surface area contributed by atoms with Crippen molar-refractivity contribution in [3.05, 3.63) is 23.4 Å². The van der Waals surface area contributed by atoms with Crippen molar-refractivity contribution in [2.45, 2.75) is 6.42 Å². The highest BCUT2D eigenvalue weighted by Crippen LogP contribution is 2.22. The molecule has 2 aliphatic rings. The molecule has 1 aliphatic carbocycles. The first kappa shape index (κ1) is 7.36. The molecule has 0 amide bonds. The van der Waals surface area contributed by atoms with Crippen LogP contribution >= 0.6 is 11.6 Å². The van der Waals surface area contributed by atoms with Gasteiger partial charge in [-0.15, -0.1) is 10.2 Å². The van der Waals surface area contributed by atoms with Gasteiger partial charge in [0.2, 0.25) is 5.24 Å². The minimum absolute atomic E-state index is 0.432. The molecule has 0 aromatic carbocycles. The fourth-order valence-electron chi connectivity index (χ4n) is 1.04. The van der Waals surface area contributed by atoms with Crippen molar-refractivity contribution in [1.82, 2.24) is 0 Å². The van der Waals surface area contributed by atoms with Gasteiger partial charge in [-0.3, -0.25) is 4.79 Å². The molecule has 0 radical (unpaired) electrons. The molecule has 1 aliphatic heterocycles. The summed E-state index contributed by atoms with van der Waals surface area (Å²) >= 11 is 5.29. The van der Waals surface area contributed by atoms with Gasteiger partial charge in [-0.05, 0) is 22.9 Å². The lowest BCUT2D eigenvalue weighted by atomic mass is 10.0. The largest absolute Gasteiger partial charge is 0.276 e. The lowest BCUT2D eigenvalue weighted by Gasteiger charge is -2.05. The van der Waals surface area contributed by atoms with E-state index in [-0.39, 0.29) is 0 Å². The summed E-state index contributed by atoms with van der Waals surface area (Å²) < 4.78 is 0. The highest BCUT2D eigenvalue weighted by Gasteiger charge is 2.20. The van der Waals surface area contributed by atoms with Gasteiger partial charge in [0.05, 0.1) is 5.71 Å². The second kappa shape index (κ2) is 2.64. The van der Waals surface area contributed by atoms with Crippen molar-refractivity contribution in [3.8, 4) is 0 Å². The third-order valence-corrected chi connectivity index (χ3v) is 1.91. The lowest BCUT2D eigenvalue weighted by Crippen LogP contribution is -2.07. The van der Waals surface area contributed by atoms with Gasteiger partial charge in [0.15, 0.2) is 0 Å². The zero-order chi connectivity index (χ0) is 8.55. The molecule has 4 nitrogen and oxygen atoms in total. The molecule has 0 atom stereocenters. The van der Waals surface area contributed by atoms with E-state index in [4.69, 9.17) is 11.6 Å². The molecule has 1 heterocycles. The van der Waals surface area contributed by atoms with E-state index in [0.717, 1.165) is 5.70 Å². The zero-order valence-electron chi connectivity index (χ0n) is 5.99. The molecule has 0 bridgehead atoms. The number of hydrogen-bond acceptors (Lipinski definition) is 4. The predicted molar refractivity (Wildman–Crippen MR) is 43.9 cm³/mol. The smallest absolute Gasteiger partial charge is 0.248 e. The standard InChI is InChI=1S/C7H4ClN3O/c8-7(12)4-1-2-5-6(3-4)10-11-9-5/h1-2H,3H2. The number of rotatable bonds is 1. The van der Waals surface area contributed by atoms with Gasteiger partial charge in [0.1, 0.15) is 5.70 Å². The van der Waals surface area contributed by atoms with Crippen molar-refractivity contribution in [2.75, 3.05) is 0 Å². The van der Waals surface area contributed by atoms with Crippen LogP contribution in [0.3, 0.4) is 0 Å². The van der Waals surface area contributed by atoms with Crippen LogP contribution in [-0.2, 0) is 4.79 Å². The van der Waals surface area contributed by atoms with Crippen LogP contribution in [0.25, 0.3) is 0 Å². The number of hydrogen-bond donors (Lipinski definition) is 0. The summed E-state index contributed by atoms with van der Waals surface area (Å²) in [4.78, 5) is 10.7. The predicted octanol–water partition coefficient (Wildman–Crippen LogP) is 1.79. The molecule has 0 fully saturated rings. The Morgan fingerprint density at radius 2 is 2.33 bits per heavy atom. The zero-order valence-corrected chi connectivity index (χ0v) is 6.75. The number of carbonyl (C=O) groups is 1. The Labute approximate surface area is 73.3 Å². The summed E-state index contributed by atoms with van der Waals surface area (Å²) in [6.07, 6.45) is 3.77. The van der Waals surface area contributed by atoms with Gasteiger partial charge in [-0.1, -0.05) is 6.08 Å². The molecule has 0 spiro atoms. The maximum absolute atomic E-state index is 10.7. The molecule has 0 saturated heterocycles. The molecule has 0 saturated carbocycles. The molecule has 5 heteroatoms. The Bertz CT molecular complexity index is 365. The fraction of sp³-hybridized carbons (Fsp3) is 0.143. The number of nitrogens with zero attached hydrogens (tertiary/aromatic N) is 3. The van der Waals surface area contributed by atoms with Crippen LogP contribution in [0.15, 0.2) is 38.9 Å². The average molecular weight is 182 g/mol. The van der Waals surface area contributed by atoms with E-state index < -0.39 is 5.24 Å². The van der Waals surface area contributed by atoms with Crippen LogP contribution in [0.1, 0.15) is 6.42 Å². The highest BCUT2D eigenvalue weighted by molar-refractivity contribution is 6.68. The van der Waals surface area contributed by atoms with Crippen LogP contribution < -0.4 is 0 Å². The Morgan fingerprint density at radius 1 is 1.50 bits per heavy atom. The van der Waals surface area contributed by atoms with Crippen LogP contribution in [0.2, 0.25) is 0 Å². The maximum atomic E-state index is 10.7. The van der Waals surface area contributed by atoms with Crippen molar-refractivity contribution >= 4 is 22.6 Å². The van der Waals surface area contributed by atoms with Crippen molar-refractivity contribution in [2.24, 2.45) is 15.4 Å². The summed E-state index contributed by atoms with van der Waals surface area (Å²) in [5.41, 5.74) is 1.96. The average Bonchev–Trinajstić information content (AvgIpc) is 2.49. The number of fused-ring (bicyclic) bond motifs is 1. The second-order valence-corrected chi connectivity index (χ2v) is 2.77. The van der Waals surface area contributed by atoms with E-state index in [1.54, 1.807) is 12.2 Å². The van der Waals surface area contributed by atoms with E-state index in [0.29, 0.717) is 17.7 Å². The van der Waals surface area contributed by atoms with Gasteiger partial charge >= 0.3 is 0 Å². The lowest BCUT2D eigenvalue weighted by molar-refractivity contribution is -0.108. The summed E-state index contributed by atoms with van der Waals surface area (Å²) in [6.45, 7) is 0. The second-order valence-electron chi connectivity index (χ2n) is 2.43. The Hall–Kier alpha value is -1.29. The van der Waals surface area contributed by atoms with Crippen LogP contribution in [-0.4, -0.2) is 11.0 Å². The topological polar surface area (TPSA) is 54.1 Å². The minimum atomic E-state index is -0.445. The van der Waals surface area contributed by atoms with Crippen molar-refractivity contribution in [1.29, 1.82) is 0 Å². The van der Waals surface area contributed by atoms with Gasteiger partial charge in [0, 0.05) is 12.0 Å². The van der Waals surface area contributed by atoms with Crippen molar-refractivity contribution in [3.63, 3.8) is 0 Å². The molecule has 0 aromatic heterocycles. The molecule has 2 rings (SSSR count). The quantitative estimate of drug-likeness (QED) is 0.569. The molecule has 0 unspecified atom stereocenters. The number of carbonyl (C=O) groups excluding carboxylic acids is 1. The van der Waals surface area contributed by atoms with E-state index in [2.05, 4.69) is 15.4 Å². The third-order valence-electron chi connectivity index (χ3n) is 1.67. The van der Waals surface area contributed by atoms with Gasteiger partial charge < -0.3 is 0 Å². The molecule has 0 N–H and O–H groups in total. The van der Waals surface area contributed by atoms with E-state index in [1.807, 2.05) is 0 Å². The van der Waals surface area contributed by atoms with E-state index >= 15 is 0 Å². The Balaban J connectivity index is 2.33. The molecule has 60 valence electrons. The Kier molecular flexibility index (Phi) is 1.62. The first-order valence-corrected chi connectivity index (χ1v) is 3.74. The number of halogens is 1. The molecule has 0 aromatic rings. The normalized spacial score (nSPS) is 19.6. The first-order chi connectivity index (χ1) is 5.77. The molecular weight excluding hydrogens is 178 g/mol. The van der Waals surface area contributed by atoms with Crippen LogP contribution in [0, 0.1) is 0 Å². The van der Waals surface area contributed by atoms with Crippen LogP contribution in [0.4, 0.5) is 0 Å². The highest BCUT2D eigenvalue weighted by atomic mass is 35.5. The monoisotopic (exact) mass is 181 g/mol. The molecular formula is C7H4ClN3O. The first-order valence-electron chi connectivity index (χ1n) is 3.36. The third kappa shape index (κ3) is 1.10. The summed E-state index contributed by atoms with van der Waals surface area (Å²) in [5, 5.41) is 10.5. The van der Waals surface area contributed by atoms with E-state index in [1.165, 1.54) is 0 Å². The van der Waals surface area contributed by atoms with E-state index in [9.17, 15) is 4.79 Å². The van der Waals surface area contributed by atoms with Gasteiger partial charge in [0.25, 0.3) is 0 Å².